The van der Waals surface area contributed by atoms with Crippen LogP contribution in [0.15, 0.2) is 47.2 Å². The maximum absolute atomic E-state index is 12.5. The first-order chi connectivity index (χ1) is 13.1. The molecule has 1 aliphatic heterocycles. The minimum absolute atomic E-state index is 0.206. The smallest absolute Gasteiger partial charge is 0.277 e. The topological polar surface area (TPSA) is 76.2 Å². The quantitative estimate of drug-likeness (QED) is 0.740. The van der Waals surface area contributed by atoms with Crippen molar-refractivity contribution in [2.75, 3.05) is 25.5 Å². The molecule has 0 aliphatic carbocycles. The van der Waals surface area contributed by atoms with Crippen LogP contribution >= 0.6 is 11.6 Å². The van der Waals surface area contributed by atoms with Gasteiger partial charge in [-0.2, -0.15) is 5.10 Å². The predicted molar refractivity (Wildman–Crippen MR) is 103 cm³/mol. The van der Waals surface area contributed by atoms with Gasteiger partial charge < -0.3 is 14.7 Å². The molecule has 0 saturated carbocycles. The Morgan fingerprint density at radius 2 is 2.11 bits per heavy atom. The summed E-state index contributed by atoms with van der Waals surface area (Å²) in [5.74, 6) is 0.152. The van der Waals surface area contributed by atoms with E-state index in [1.807, 2.05) is 23.0 Å². The molecule has 1 N–H and O–H groups in total. The van der Waals surface area contributed by atoms with Crippen molar-refractivity contribution in [1.82, 2.24) is 19.8 Å². The van der Waals surface area contributed by atoms with E-state index in [-0.39, 0.29) is 11.6 Å². The van der Waals surface area contributed by atoms with Gasteiger partial charge in [-0.3, -0.25) is 9.48 Å². The highest BCUT2D eigenvalue weighted by Crippen LogP contribution is 2.25. The number of hydrogen-bond acceptors (Lipinski definition) is 5. The van der Waals surface area contributed by atoms with Crippen LogP contribution in [0.2, 0.25) is 5.02 Å². The second-order valence-corrected chi connectivity index (χ2v) is 7.22. The van der Waals surface area contributed by atoms with Crippen LogP contribution in [-0.2, 0) is 0 Å². The Balaban J connectivity index is 1.43. The van der Waals surface area contributed by atoms with Gasteiger partial charge in [0.15, 0.2) is 11.5 Å². The molecule has 8 heteroatoms. The molecule has 1 aliphatic rings. The van der Waals surface area contributed by atoms with Crippen LogP contribution in [0, 0.1) is 0 Å². The number of benzene rings is 1. The normalized spacial score (nSPS) is 15.8. The van der Waals surface area contributed by atoms with Gasteiger partial charge in [0.2, 0.25) is 0 Å². The van der Waals surface area contributed by atoms with Gasteiger partial charge in [-0.15, -0.1) is 0 Å². The number of carbonyl (C=O) groups is 1. The van der Waals surface area contributed by atoms with Crippen LogP contribution in [0.5, 0.6) is 0 Å². The summed E-state index contributed by atoms with van der Waals surface area (Å²) in [6.45, 7) is 2.11. The molecule has 1 aromatic carbocycles. The molecule has 7 nitrogen and oxygen atoms in total. The average molecular weight is 386 g/mol. The number of amides is 1. The summed E-state index contributed by atoms with van der Waals surface area (Å²) in [5, 5.41) is 11.7. The van der Waals surface area contributed by atoms with Crippen molar-refractivity contribution in [3.63, 3.8) is 0 Å². The molecule has 0 unspecified atom stereocenters. The van der Waals surface area contributed by atoms with Gasteiger partial charge in [-0.25, -0.2) is 0 Å². The van der Waals surface area contributed by atoms with Gasteiger partial charge >= 0.3 is 0 Å². The SMILES string of the molecule is CN1CCC(n2cc(NC(=O)c3cc(-c4cccc(Cl)c4)on3)cn2)CC1. The van der Waals surface area contributed by atoms with Gasteiger partial charge in [-0.1, -0.05) is 28.9 Å². The first kappa shape index (κ1) is 17.8. The van der Waals surface area contributed by atoms with Crippen LogP contribution in [-0.4, -0.2) is 45.9 Å². The van der Waals surface area contributed by atoms with E-state index in [0.717, 1.165) is 31.5 Å². The first-order valence-electron chi connectivity index (χ1n) is 8.85. The van der Waals surface area contributed by atoms with Crippen LogP contribution < -0.4 is 5.32 Å². The maximum atomic E-state index is 12.5. The Bertz CT molecular complexity index is 943. The lowest BCUT2D eigenvalue weighted by atomic mass is 10.1. The molecule has 0 radical (unpaired) electrons. The third kappa shape index (κ3) is 4.04. The molecular formula is C19H20ClN5O2. The lowest BCUT2D eigenvalue weighted by Crippen LogP contribution is -2.31. The summed E-state index contributed by atoms with van der Waals surface area (Å²) in [6, 6.07) is 9.17. The lowest BCUT2D eigenvalue weighted by molar-refractivity contribution is 0.101. The molecule has 140 valence electrons. The van der Waals surface area contributed by atoms with Crippen LogP contribution in [0.4, 0.5) is 5.69 Å². The number of nitrogens with zero attached hydrogens (tertiary/aromatic N) is 4. The van der Waals surface area contributed by atoms with Gasteiger partial charge in [0.25, 0.3) is 5.91 Å². The van der Waals surface area contributed by atoms with Gasteiger partial charge in [0, 0.05) is 22.8 Å². The van der Waals surface area contributed by atoms with Crippen molar-refractivity contribution >= 4 is 23.2 Å². The van der Waals surface area contributed by atoms with E-state index in [1.165, 1.54) is 0 Å². The minimum atomic E-state index is -0.338. The molecule has 4 rings (SSSR count). The highest BCUT2D eigenvalue weighted by molar-refractivity contribution is 6.30. The molecule has 1 fully saturated rings. The van der Waals surface area contributed by atoms with Crippen LogP contribution in [0.1, 0.15) is 29.4 Å². The number of piperidine rings is 1. The molecular weight excluding hydrogens is 366 g/mol. The Hall–Kier alpha value is -2.64. The van der Waals surface area contributed by atoms with Crippen LogP contribution in [0.25, 0.3) is 11.3 Å². The number of anilines is 1. The van der Waals surface area contributed by atoms with E-state index in [1.54, 1.807) is 24.4 Å². The van der Waals surface area contributed by atoms with Crippen molar-refractivity contribution < 1.29 is 9.32 Å². The molecule has 0 bridgehead atoms. The van der Waals surface area contributed by atoms with Gasteiger partial charge in [0.05, 0.1) is 17.9 Å². The number of carbonyl (C=O) groups excluding carboxylic acids is 1. The summed E-state index contributed by atoms with van der Waals surface area (Å²) in [5.41, 5.74) is 1.62. The highest BCUT2D eigenvalue weighted by Gasteiger charge is 2.20. The monoisotopic (exact) mass is 385 g/mol. The number of aromatic nitrogens is 3. The summed E-state index contributed by atoms with van der Waals surface area (Å²) in [6.07, 6.45) is 5.63. The number of nitrogens with one attached hydrogen (secondary N) is 1. The molecule has 27 heavy (non-hydrogen) atoms. The highest BCUT2D eigenvalue weighted by atomic mass is 35.5. The summed E-state index contributed by atoms with van der Waals surface area (Å²) in [4.78, 5) is 14.8. The molecule has 0 atom stereocenters. The van der Waals surface area contributed by atoms with Gasteiger partial charge in [-0.05, 0) is 45.1 Å². The van der Waals surface area contributed by atoms with Crippen molar-refractivity contribution in [3.05, 3.63) is 53.4 Å². The molecule has 3 aromatic rings. The minimum Gasteiger partial charge on any atom is -0.355 e. The van der Waals surface area contributed by atoms with Gasteiger partial charge in [0.1, 0.15) is 0 Å². The standard InChI is InChI=1S/C19H20ClN5O2/c1-24-7-5-16(6-8-24)25-12-15(11-21-25)22-19(26)17-10-18(27-23-17)13-3-2-4-14(20)9-13/h2-4,9-12,16H,5-8H2,1H3,(H,22,26). The zero-order chi connectivity index (χ0) is 18.8. The summed E-state index contributed by atoms with van der Waals surface area (Å²) in [7, 11) is 2.13. The van der Waals surface area contributed by atoms with Crippen molar-refractivity contribution in [3.8, 4) is 11.3 Å². The zero-order valence-electron chi connectivity index (χ0n) is 14.9. The van der Waals surface area contributed by atoms with E-state index in [9.17, 15) is 4.79 Å². The van der Waals surface area contributed by atoms with E-state index >= 15 is 0 Å². The number of halogens is 1. The molecule has 3 heterocycles. The average Bonchev–Trinajstić information content (AvgIpc) is 3.32. The number of likely N-dealkylation sites (tertiary alicyclic amines) is 1. The molecule has 1 saturated heterocycles. The molecule has 2 aromatic heterocycles. The first-order valence-corrected chi connectivity index (χ1v) is 9.23. The fourth-order valence-electron chi connectivity index (χ4n) is 3.22. The third-order valence-corrected chi connectivity index (χ3v) is 5.01. The Labute approximate surface area is 161 Å². The van der Waals surface area contributed by atoms with E-state index in [2.05, 4.69) is 27.5 Å². The largest absolute Gasteiger partial charge is 0.355 e. The van der Waals surface area contributed by atoms with Crippen molar-refractivity contribution in [1.29, 1.82) is 0 Å². The molecule has 1 amide bonds. The van der Waals surface area contributed by atoms with E-state index < -0.39 is 0 Å². The lowest BCUT2D eigenvalue weighted by Gasteiger charge is -2.28. The maximum Gasteiger partial charge on any atom is 0.277 e. The number of hydrogen-bond donors (Lipinski definition) is 1. The predicted octanol–water partition coefficient (Wildman–Crippen LogP) is 3.71. The second-order valence-electron chi connectivity index (χ2n) is 6.78. The van der Waals surface area contributed by atoms with E-state index in [0.29, 0.717) is 22.5 Å². The summed E-state index contributed by atoms with van der Waals surface area (Å²) < 4.78 is 7.21. The fourth-order valence-corrected chi connectivity index (χ4v) is 3.41. The Morgan fingerprint density at radius 1 is 1.30 bits per heavy atom. The number of rotatable bonds is 4. The Morgan fingerprint density at radius 3 is 2.89 bits per heavy atom. The van der Waals surface area contributed by atoms with Crippen molar-refractivity contribution in [2.45, 2.75) is 18.9 Å². The van der Waals surface area contributed by atoms with E-state index in [4.69, 9.17) is 16.1 Å². The molecule has 0 spiro atoms. The van der Waals surface area contributed by atoms with Crippen molar-refractivity contribution in [2.24, 2.45) is 0 Å². The Kier molecular flexibility index (Phi) is 4.96. The third-order valence-electron chi connectivity index (χ3n) is 4.77. The summed E-state index contributed by atoms with van der Waals surface area (Å²) >= 11 is 5.99. The van der Waals surface area contributed by atoms with Crippen LogP contribution in [0.3, 0.4) is 0 Å². The zero-order valence-corrected chi connectivity index (χ0v) is 15.7. The second kappa shape index (κ2) is 7.54. The fraction of sp³-hybridized carbons (Fsp3) is 0.316.